The zero-order chi connectivity index (χ0) is 16.7. The molecule has 122 valence electrons. The van der Waals surface area contributed by atoms with E-state index in [4.69, 9.17) is 9.47 Å². The first-order chi connectivity index (χ1) is 10.1. The first kappa shape index (κ1) is 16.7. The van der Waals surface area contributed by atoms with Crippen molar-refractivity contribution in [2.45, 2.75) is 39.5 Å². The van der Waals surface area contributed by atoms with Crippen molar-refractivity contribution in [3.8, 4) is 0 Å². The van der Waals surface area contributed by atoms with Gasteiger partial charge in [-0.15, -0.1) is 0 Å². The van der Waals surface area contributed by atoms with Crippen LogP contribution in [0, 0.1) is 5.41 Å². The fraction of sp³-hybridized carbons (Fsp3) is 0.643. The number of esters is 2. The molecule has 1 saturated heterocycles. The highest BCUT2D eigenvalue weighted by Crippen LogP contribution is 2.34. The first-order valence-electron chi connectivity index (χ1n) is 6.86. The molecule has 0 N–H and O–H groups in total. The van der Waals surface area contributed by atoms with Crippen LogP contribution in [0.4, 0.5) is 0 Å². The fourth-order valence-corrected chi connectivity index (χ4v) is 3.69. The van der Waals surface area contributed by atoms with E-state index in [1.54, 1.807) is 27.7 Å². The van der Waals surface area contributed by atoms with E-state index in [2.05, 4.69) is 0 Å². The van der Waals surface area contributed by atoms with Crippen molar-refractivity contribution in [3.05, 3.63) is 11.3 Å². The molecule has 0 radical (unpaired) electrons. The van der Waals surface area contributed by atoms with Gasteiger partial charge >= 0.3 is 11.9 Å². The number of carbonyl (C=O) groups is 3. The van der Waals surface area contributed by atoms with E-state index < -0.39 is 40.3 Å². The molecule has 2 aliphatic heterocycles. The summed E-state index contributed by atoms with van der Waals surface area (Å²) in [5, 5.41) is -0.448. The number of amides is 1. The second-order valence-electron chi connectivity index (χ2n) is 6.31. The van der Waals surface area contributed by atoms with Crippen LogP contribution in [0.3, 0.4) is 0 Å². The summed E-state index contributed by atoms with van der Waals surface area (Å²) in [6, 6.07) is 0. The molecule has 0 bridgehead atoms. The van der Waals surface area contributed by atoms with E-state index >= 15 is 0 Å². The van der Waals surface area contributed by atoms with Gasteiger partial charge in [0.15, 0.2) is 0 Å². The van der Waals surface area contributed by atoms with Crippen molar-refractivity contribution in [3.63, 3.8) is 0 Å². The van der Waals surface area contributed by atoms with Crippen LogP contribution in [-0.2, 0) is 34.7 Å². The first-order valence-corrected chi connectivity index (χ1v) is 8.24. The molecule has 22 heavy (non-hydrogen) atoms. The molecule has 2 rings (SSSR count). The number of nitrogens with zero attached hydrogens (tertiary/aromatic N) is 1. The lowest BCUT2D eigenvalue weighted by atomic mass is 9.98. The summed E-state index contributed by atoms with van der Waals surface area (Å²) >= 11 is 0. The summed E-state index contributed by atoms with van der Waals surface area (Å²) in [6.07, 6.45) is 0.176. The highest BCUT2D eigenvalue weighted by Gasteiger charge is 2.48. The Morgan fingerprint density at radius 2 is 1.95 bits per heavy atom. The van der Waals surface area contributed by atoms with Crippen molar-refractivity contribution >= 4 is 28.6 Å². The van der Waals surface area contributed by atoms with Gasteiger partial charge in [-0.3, -0.25) is 18.7 Å². The van der Waals surface area contributed by atoms with E-state index in [1.165, 1.54) is 4.90 Å². The Bertz CT molecular complexity index is 589. The minimum atomic E-state index is -1.19. The van der Waals surface area contributed by atoms with Crippen molar-refractivity contribution in [1.29, 1.82) is 0 Å². The highest BCUT2D eigenvalue weighted by molar-refractivity contribution is 7.86. The quantitative estimate of drug-likeness (QED) is 0.429. The van der Waals surface area contributed by atoms with Gasteiger partial charge < -0.3 is 9.47 Å². The van der Waals surface area contributed by atoms with Gasteiger partial charge in [0.25, 0.3) is 0 Å². The smallest absolute Gasteiger partial charge is 0.357 e. The largest absolute Gasteiger partial charge is 0.427 e. The van der Waals surface area contributed by atoms with E-state index in [0.717, 1.165) is 0 Å². The summed E-state index contributed by atoms with van der Waals surface area (Å²) in [5.74, 6) is -1.25. The van der Waals surface area contributed by atoms with Crippen molar-refractivity contribution in [2.75, 3.05) is 12.5 Å². The van der Waals surface area contributed by atoms with Crippen molar-refractivity contribution in [2.24, 2.45) is 5.41 Å². The second-order valence-corrected chi connectivity index (χ2v) is 7.90. The Labute approximate surface area is 131 Å². The fourth-order valence-electron chi connectivity index (χ4n) is 2.14. The van der Waals surface area contributed by atoms with Gasteiger partial charge in [0.2, 0.25) is 12.7 Å². The lowest BCUT2D eigenvalue weighted by molar-refractivity contribution is -0.173. The number of ether oxygens (including phenoxy) is 2. The number of hydrogen-bond acceptors (Lipinski definition) is 6. The molecule has 2 aliphatic rings. The van der Waals surface area contributed by atoms with Crippen molar-refractivity contribution in [1.82, 2.24) is 4.90 Å². The maximum absolute atomic E-state index is 12.1. The van der Waals surface area contributed by atoms with Crippen molar-refractivity contribution < 1.29 is 28.1 Å². The third-order valence-corrected chi connectivity index (χ3v) is 5.10. The number of carbonyl (C=O) groups excluding carboxylic acids is 3. The molecular weight excluding hydrogens is 310 g/mol. The van der Waals surface area contributed by atoms with Crippen LogP contribution in [0.1, 0.15) is 34.1 Å². The number of rotatable bonds is 3. The number of β-lactam (4-membered cyclic amide) rings is 1. The monoisotopic (exact) mass is 329 g/mol. The lowest BCUT2D eigenvalue weighted by Crippen LogP contribution is -2.58. The van der Waals surface area contributed by atoms with Gasteiger partial charge in [0.1, 0.15) is 11.1 Å². The molecule has 1 fully saturated rings. The average Bonchev–Trinajstić information content (AvgIpc) is 2.38. The van der Waals surface area contributed by atoms with Crippen LogP contribution in [0.25, 0.3) is 0 Å². The molecule has 0 aliphatic carbocycles. The second kappa shape index (κ2) is 5.83. The predicted molar refractivity (Wildman–Crippen MR) is 77.5 cm³/mol. The maximum Gasteiger partial charge on any atom is 0.357 e. The van der Waals surface area contributed by atoms with E-state index in [9.17, 15) is 18.6 Å². The predicted octanol–water partition coefficient (Wildman–Crippen LogP) is 0.671. The Morgan fingerprint density at radius 3 is 2.50 bits per heavy atom. The minimum absolute atomic E-state index is 0.118. The SMILES string of the molecule is CC1=C(C(=O)OCOC(=O)C(C)(C)C)N2C(=O)C[C@H]2S(=O)C1. The molecule has 7 nitrogen and oxygen atoms in total. The molecular formula is C14H19NO6S. The van der Waals surface area contributed by atoms with E-state index in [-0.39, 0.29) is 23.8 Å². The molecule has 2 atom stereocenters. The molecule has 0 aromatic carbocycles. The maximum atomic E-state index is 12.1. The zero-order valence-corrected chi connectivity index (χ0v) is 13.8. The van der Waals surface area contributed by atoms with Crippen LogP contribution in [0.5, 0.6) is 0 Å². The topological polar surface area (TPSA) is 90.0 Å². The van der Waals surface area contributed by atoms with Gasteiger partial charge in [0.05, 0.1) is 11.8 Å². The van der Waals surface area contributed by atoms with Gasteiger partial charge in [-0.25, -0.2) is 4.79 Å². The highest BCUT2D eigenvalue weighted by atomic mass is 32.2. The summed E-state index contributed by atoms with van der Waals surface area (Å²) in [5.41, 5.74) is -0.0376. The molecule has 1 unspecified atom stereocenters. The Balaban J connectivity index is 2.00. The number of fused-ring (bicyclic) bond motifs is 1. The van der Waals surface area contributed by atoms with E-state index in [0.29, 0.717) is 5.57 Å². The van der Waals surface area contributed by atoms with Crippen LogP contribution in [0.15, 0.2) is 11.3 Å². The minimum Gasteiger partial charge on any atom is -0.427 e. The molecule has 0 spiro atoms. The average molecular weight is 329 g/mol. The van der Waals surface area contributed by atoms with Crippen LogP contribution >= 0.6 is 0 Å². The third-order valence-electron chi connectivity index (χ3n) is 3.40. The molecule has 0 saturated carbocycles. The van der Waals surface area contributed by atoms with Crippen LogP contribution < -0.4 is 0 Å². The zero-order valence-electron chi connectivity index (χ0n) is 13.0. The molecule has 2 heterocycles. The molecule has 0 aromatic heterocycles. The van der Waals surface area contributed by atoms with Gasteiger partial charge in [-0.05, 0) is 33.3 Å². The van der Waals surface area contributed by atoms with Gasteiger partial charge in [0, 0.05) is 16.6 Å². The molecule has 1 amide bonds. The molecule has 0 aromatic rings. The Hall–Kier alpha value is -1.70. The summed E-state index contributed by atoms with van der Waals surface area (Å²) in [4.78, 5) is 36.6. The molecule has 8 heteroatoms. The normalized spacial score (nSPS) is 24.5. The van der Waals surface area contributed by atoms with Crippen LogP contribution in [-0.4, -0.2) is 44.9 Å². The summed E-state index contributed by atoms with van der Waals surface area (Å²) in [6.45, 7) is 6.18. The van der Waals surface area contributed by atoms with Gasteiger partial charge in [-0.2, -0.15) is 0 Å². The Morgan fingerprint density at radius 1 is 1.32 bits per heavy atom. The summed E-state index contributed by atoms with van der Waals surface area (Å²) in [7, 11) is -1.19. The lowest BCUT2D eigenvalue weighted by Gasteiger charge is -2.43. The van der Waals surface area contributed by atoms with E-state index in [1.807, 2.05) is 0 Å². The van der Waals surface area contributed by atoms with Crippen LogP contribution in [0.2, 0.25) is 0 Å². The standard InChI is InChI=1S/C14H19NO6S/c1-8-6-22(19)10-5-9(16)15(10)11(8)12(17)20-7-21-13(18)14(2,3)4/h10H,5-7H2,1-4H3/t10-,22?/m1/s1. The van der Waals surface area contributed by atoms with Gasteiger partial charge in [-0.1, -0.05) is 0 Å². The summed E-state index contributed by atoms with van der Waals surface area (Å²) < 4.78 is 21.6. The third kappa shape index (κ3) is 3.06. The Kier molecular flexibility index (Phi) is 4.42. The number of hydrogen-bond donors (Lipinski definition) is 0.